The van der Waals surface area contributed by atoms with Gasteiger partial charge in [-0.2, -0.15) is 0 Å². The maximum Gasteiger partial charge on any atom is 0.325 e. The van der Waals surface area contributed by atoms with Crippen LogP contribution in [0.4, 0.5) is 4.79 Å². The molecule has 1 heterocycles. The van der Waals surface area contributed by atoms with Gasteiger partial charge in [0.25, 0.3) is 0 Å². The van der Waals surface area contributed by atoms with Crippen molar-refractivity contribution >= 4 is 17.9 Å². The van der Waals surface area contributed by atoms with Crippen LogP contribution in [-0.4, -0.2) is 43.0 Å². The van der Waals surface area contributed by atoms with Crippen LogP contribution in [0.25, 0.3) is 0 Å². The van der Waals surface area contributed by atoms with Crippen LogP contribution >= 0.6 is 0 Å². The van der Waals surface area contributed by atoms with Crippen LogP contribution in [0, 0.1) is 5.92 Å². The summed E-state index contributed by atoms with van der Waals surface area (Å²) in [7, 11) is 1.25. The Morgan fingerprint density at radius 1 is 1.64 bits per heavy atom. The minimum Gasteiger partial charge on any atom is -0.468 e. The molecule has 1 atom stereocenters. The summed E-state index contributed by atoms with van der Waals surface area (Å²) < 4.78 is 4.42. The molecule has 0 saturated carbocycles. The molecular formula is C8H12N2O4. The van der Waals surface area contributed by atoms with Gasteiger partial charge in [-0.3, -0.25) is 14.9 Å². The topological polar surface area (TPSA) is 75.7 Å². The number of esters is 1. The Balaban J connectivity index is 2.57. The quantitative estimate of drug-likeness (QED) is 0.601. The van der Waals surface area contributed by atoms with Gasteiger partial charge in [-0.15, -0.1) is 0 Å². The van der Waals surface area contributed by atoms with Crippen molar-refractivity contribution in [2.24, 2.45) is 5.92 Å². The standard InChI is InChI=1S/C8H12N2O4/c1-5-3-10(4-6(11)14-2)8(13)9-7(5)12/h5H,3-4H2,1-2H3,(H,9,12,13). The molecule has 1 rings (SSSR count). The molecule has 78 valence electrons. The van der Waals surface area contributed by atoms with Crippen LogP contribution in [0.3, 0.4) is 0 Å². The van der Waals surface area contributed by atoms with E-state index in [1.54, 1.807) is 6.92 Å². The Bertz CT molecular complexity index is 277. The second kappa shape index (κ2) is 4.08. The van der Waals surface area contributed by atoms with Gasteiger partial charge in [-0.05, 0) is 0 Å². The average molecular weight is 200 g/mol. The van der Waals surface area contributed by atoms with E-state index in [0.717, 1.165) is 0 Å². The van der Waals surface area contributed by atoms with Crippen molar-refractivity contribution in [1.82, 2.24) is 10.2 Å². The lowest BCUT2D eigenvalue weighted by Crippen LogP contribution is -2.54. The number of nitrogens with one attached hydrogen (secondary N) is 1. The Morgan fingerprint density at radius 2 is 2.29 bits per heavy atom. The van der Waals surface area contributed by atoms with Gasteiger partial charge in [0, 0.05) is 6.54 Å². The summed E-state index contributed by atoms with van der Waals surface area (Å²) in [5, 5.41) is 2.15. The number of methoxy groups -OCH3 is 1. The summed E-state index contributed by atoms with van der Waals surface area (Å²) in [4.78, 5) is 34.4. The highest BCUT2D eigenvalue weighted by Gasteiger charge is 2.30. The largest absolute Gasteiger partial charge is 0.468 e. The molecule has 6 heteroatoms. The van der Waals surface area contributed by atoms with Crippen LogP contribution in [-0.2, 0) is 14.3 Å². The molecule has 0 aromatic heterocycles. The number of nitrogens with zero attached hydrogens (tertiary/aromatic N) is 1. The number of carbonyl (C=O) groups is 3. The molecule has 0 radical (unpaired) electrons. The first-order valence-corrected chi connectivity index (χ1v) is 4.21. The molecule has 1 aliphatic heterocycles. The molecule has 6 nitrogen and oxygen atoms in total. The van der Waals surface area contributed by atoms with Crippen LogP contribution in [0.2, 0.25) is 0 Å². The highest BCUT2D eigenvalue weighted by atomic mass is 16.5. The third-order valence-electron chi connectivity index (χ3n) is 2.01. The highest BCUT2D eigenvalue weighted by molar-refractivity contribution is 5.98. The molecule has 0 spiro atoms. The first-order chi connectivity index (χ1) is 6.54. The maximum absolute atomic E-state index is 11.2. The van der Waals surface area contributed by atoms with Crippen molar-refractivity contribution in [1.29, 1.82) is 0 Å². The smallest absolute Gasteiger partial charge is 0.325 e. The molecule has 14 heavy (non-hydrogen) atoms. The summed E-state index contributed by atoms with van der Waals surface area (Å²) in [5.74, 6) is -1.10. The van der Waals surface area contributed by atoms with Gasteiger partial charge >= 0.3 is 12.0 Å². The van der Waals surface area contributed by atoms with Gasteiger partial charge in [-0.1, -0.05) is 6.92 Å². The molecule has 1 N–H and O–H groups in total. The van der Waals surface area contributed by atoms with Gasteiger partial charge in [0.15, 0.2) is 0 Å². The number of urea groups is 1. The van der Waals surface area contributed by atoms with E-state index in [-0.39, 0.29) is 24.9 Å². The van der Waals surface area contributed by atoms with Gasteiger partial charge in [0.1, 0.15) is 6.54 Å². The fourth-order valence-corrected chi connectivity index (χ4v) is 1.16. The predicted molar refractivity (Wildman–Crippen MR) is 46.3 cm³/mol. The van der Waals surface area contributed by atoms with E-state index < -0.39 is 12.0 Å². The molecule has 1 unspecified atom stereocenters. The zero-order valence-electron chi connectivity index (χ0n) is 8.07. The summed E-state index contributed by atoms with van der Waals surface area (Å²) in [5.41, 5.74) is 0. The van der Waals surface area contributed by atoms with E-state index in [1.807, 2.05) is 0 Å². The minimum absolute atomic E-state index is 0.125. The van der Waals surface area contributed by atoms with Crippen LogP contribution < -0.4 is 5.32 Å². The van der Waals surface area contributed by atoms with Gasteiger partial charge in [0.05, 0.1) is 13.0 Å². The number of hydrogen-bond acceptors (Lipinski definition) is 4. The summed E-state index contributed by atoms with van der Waals surface area (Å²) >= 11 is 0. The van der Waals surface area contributed by atoms with E-state index in [0.29, 0.717) is 0 Å². The van der Waals surface area contributed by atoms with Crippen LogP contribution in [0.15, 0.2) is 0 Å². The van der Waals surface area contributed by atoms with E-state index in [1.165, 1.54) is 12.0 Å². The highest BCUT2D eigenvalue weighted by Crippen LogP contribution is 2.06. The lowest BCUT2D eigenvalue weighted by atomic mass is 10.1. The zero-order chi connectivity index (χ0) is 10.7. The third-order valence-corrected chi connectivity index (χ3v) is 2.01. The summed E-state index contributed by atoms with van der Waals surface area (Å²) in [6, 6.07) is -0.543. The molecule has 3 amide bonds. The lowest BCUT2D eigenvalue weighted by molar-refractivity contribution is -0.142. The van der Waals surface area contributed by atoms with Crippen molar-refractivity contribution in [2.45, 2.75) is 6.92 Å². The SMILES string of the molecule is COC(=O)CN1CC(C)C(=O)NC1=O. The fraction of sp³-hybridized carbons (Fsp3) is 0.625. The number of ether oxygens (including phenoxy) is 1. The fourth-order valence-electron chi connectivity index (χ4n) is 1.16. The van der Waals surface area contributed by atoms with Crippen LogP contribution in [0.5, 0.6) is 0 Å². The van der Waals surface area contributed by atoms with Crippen molar-refractivity contribution in [3.8, 4) is 0 Å². The molecule has 0 aromatic rings. The lowest BCUT2D eigenvalue weighted by Gasteiger charge is -2.29. The minimum atomic E-state index is -0.543. The zero-order valence-corrected chi connectivity index (χ0v) is 8.07. The Kier molecular flexibility index (Phi) is 3.06. The van der Waals surface area contributed by atoms with Gasteiger partial charge in [0.2, 0.25) is 5.91 Å². The molecule has 0 aromatic carbocycles. The monoisotopic (exact) mass is 200 g/mol. The second-order valence-electron chi connectivity index (χ2n) is 3.15. The van der Waals surface area contributed by atoms with E-state index in [2.05, 4.69) is 10.1 Å². The number of hydrogen-bond donors (Lipinski definition) is 1. The number of carbonyl (C=O) groups excluding carboxylic acids is 3. The van der Waals surface area contributed by atoms with Gasteiger partial charge < -0.3 is 9.64 Å². The first-order valence-electron chi connectivity index (χ1n) is 4.21. The van der Waals surface area contributed by atoms with Crippen molar-refractivity contribution in [3.63, 3.8) is 0 Å². The normalized spacial score (nSPS) is 21.9. The summed E-state index contributed by atoms with van der Waals surface area (Å²) in [6.45, 7) is 1.81. The molecule has 1 aliphatic rings. The number of amides is 3. The molecule has 1 saturated heterocycles. The van der Waals surface area contributed by atoms with Crippen molar-refractivity contribution < 1.29 is 19.1 Å². The molecule has 1 fully saturated rings. The number of rotatable bonds is 2. The maximum atomic E-state index is 11.2. The average Bonchev–Trinajstić information content (AvgIpc) is 2.14. The van der Waals surface area contributed by atoms with E-state index in [4.69, 9.17) is 0 Å². The molecule has 0 aliphatic carbocycles. The van der Waals surface area contributed by atoms with Crippen molar-refractivity contribution in [3.05, 3.63) is 0 Å². The van der Waals surface area contributed by atoms with Gasteiger partial charge in [-0.25, -0.2) is 4.79 Å². The number of imide groups is 1. The predicted octanol–water partition coefficient (Wildman–Crippen LogP) is -0.653. The third kappa shape index (κ3) is 2.21. The second-order valence-corrected chi connectivity index (χ2v) is 3.15. The molecule has 0 bridgehead atoms. The molecular weight excluding hydrogens is 188 g/mol. The van der Waals surface area contributed by atoms with Crippen LogP contribution in [0.1, 0.15) is 6.92 Å². The Hall–Kier alpha value is -1.59. The summed E-state index contributed by atoms with van der Waals surface area (Å²) in [6.07, 6.45) is 0. The Morgan fingerprint density at radius 3 is 2.86 bits per heavy atom. The Labute approximate surface area is 81.2 Å². The first kappa shape index (κ1) is 10.5. The van der Waals surface area contributed by atoms with E-state index in [9.17, 15) is 14.4 Å². The van der Waals surface area contributed by atoms with Crippen molar-refractivity contribution in [2.75, 3.05) is 20.2 Å². The van der Waals surface area contributed by atoms with E-state index >= 15 is 0 Å².